The van der Waals surface area contributed by atoms with Gasteiger partial charge in [0.25, 0.3) is 0 Å². The van der Waals surface area contributed by atoms with Crippen LogP contribution in [0.25, 0.3) is 0 Å². The number of ether oxygens (including phenoxy) is 1. The molecule has 0 heterocycles. The molecule has 0 spiro atoms. The largest absolute Gasteiger partial charge is 0.469 e. The van der Waals surface area contributed by atoms with Crippen molar-refractivity contribution in [3.05, 3.63) is 0 Å². The van der Waals surface area contributed by atoms with Crippen LogP contribution in [0.15, 0.2) is 0 Å². The van der Waals surface area contributed by atoms with Gasteiger partial charge in [-0.25, -0.2) is 0 Å². The highest BCUT2D eigenvalue weighted by atomic mass is 16.5. The number of carbonyl (C=O) groups excluding carboxylic acids is 2. The Hall–Kier alpha value is -1.06. The minimum absolute atomic E-state index is 0.0161. The maximum absolute atomic E-state index is 11.1. The zero-order valence-electron chi connectivity index (χ0n) is 8.97. The summed E-state index contributed by atoms with van der Waals surface area (Å²) in [6, 6.07) is 0. The first kappa shape index (κ1) is 12.9. The third-order valence-corrected chi connectivity index (χ3v) is 1.89. The first-order chi connectivity index (χ1) is 6.70. The van der Waals surface area contributed by atoms with E-state index in [1.165, 1.54) is 7.11 Å². The van der Waals surface area contributed by atoms with Crippen molar-refractivity contribution in [3.8, 4) is 0 Å². The van der Waals surface area contributed by atoms with E-state index in [4.69, 9.17) is 0 Å². The van der Waals surface area contributed by atoms with Gasteiger partial charge in [0.05, 0.1) is 13.5 Å². The fourth-order valence-corrected chi connectivity index (χ4v) is 1.03. The summed E-state index contributed by atoms with van der Waals surface area (Å²) in [5.74, 6) is -0.277. The van der Waals surface area contributed by atoms with E-state index in [1.54, 1.807) is 0 Å². The molecule has 0 unspecified atom stereocenters. The normalized spacial score (nSPS) is 9.57. The van der Waals surface area contributed by atoms with Crippen LogP contribution in [-0.4, -0.2) is 25.5 Å². The van der Waals surface area contributed by atoms with Gasteiger partial charge in [0.15, 0.2) is 0 Å². The Labute approximate surface area is 85.0 Å². The van der Waals surface area contributed by atoms with Crippen molar-refractivity contribution in [2.75, 3.05) is 13.7 Å². The minimum Gasteiger partial charge on any atom is -0.469 e. The Morgan fingerprint density at radius 3 is 2.50 bits per heavy atom. The molecule has 0 aliphatic rings. The van der Waals surface area contributed by atoms with Crippen LogP contribution in [0.4, 0.5) is 0 Å². The quantitative estimate of drug-likeness (QED) is 0.498. The van der Waals surface area contributed by atoms with Crippen molar-refractivity contribution >= 4 is 11.9 Å². The van der Waals surface area contributed by atoms with Crippen LogP contribution in [0.1, 0.15) is 39.0 Å². The molecule has 0 aromatic heterocycles. The van der Waals surface area contributed by atoms with Crippen molar-refractivity contribution < 1.29 is 14.3 Å². The number of unbranched alkanes of at least 4 members (excludes halogenated alkanes) is 2. The van der Waals surface area contributed by atoms with E-state index >= 15 is 0 Å². The molecule has 4 heteroatoms. The Morgan fingerprint density at radius 2 is 1.93 bits per heavy atom. The summed E-state index contributed by atoms with van der Waals surface area (Å²) >= 11 is 0. The van der Waals surface area contributed by atoms with Crippen LogP contribution < -0.4 is 5.32 Å². The average molecular weight is 201 g/mol. The molecule has 0 aromatic rings. The second kappa shape index (κ2) is 8.53. The van der Waals surface area contributed by atoms with Gasteiger partial charge in [0, 0.05) is 13.0 Å². The number of nitrogens with one attached hydrogen (secondary N) is 1. The number of hydrogen-bond acceptors (Lipinski definition) is 3. The fraction of sp³-hybridized carbons (Fsp3) is 0.800. The van der Waals surface area contributed by atoms with Crippen LogP contribution in [-0.2, 0) is 14.3 Å². The molecule has 0 aliphatic carbocycles. The Kier molecular flexibility index (Phi) is 7.89. The highest BCUT2D eigenvalue weighted by Gasteiger charge is 2.02. The molecule has 1 amide bonds. The lowest BCUT2D eigenvalue weighted by Crippen LogP contribution is -2.25. The van der Waals surface area contributed by atoms with E-state index < -0.39 is 0 Å². The minimum atomic E-state index is -0.293. The molecule has 0 bridgehead atoms. The second-order valence-electron chi connectivity index (χ2n) is 3.13. The SMILES string of the molecule is CCCCCC(=O)NCCC(=O)OC. The predicted octanol–water partition coefficient (Wildman–Crippen LogP) is 1.25. The number of hydrogen-bond donors (Lipinski definition) is 1. The van der Waals surface area contributed by atoms with Crippen LogP contribution in [0, 0.1) is 0 Å². The van der Waals surface area contributed by atoms with Crippen LogP contribution in [0.2, 0.25) is 0 Å². The van der Waals surface area contributed by atoms with Crippen molar-refractivity contribution in [2.45, 2.75) is 39.0 Å². The van der Waals surface area contributed by atoms with Gasteiger partial charge in [0.1, 0.15) is 0 Å². The molecule has 4 nitrogen and oxygen atoms in total. The number of methoxy groups -OCH3 is 1. The topological polar surface area (TPSA) is 55.4 Å². The number of esters is 1. The lowest BCUT2D eigenvalue weighted by atomic mass is 10.2. The maximum atomic E-state index is 11.1. The van der Waals surface area contributed by atoms with E-state index in [-0.39, 0.29) is 18.3 Å². The van der Waals surface area contributed by atoms with Gasteiger partial charge >= 0.3 is 5.97 Å². The van der Waals surface area contributed by atoms with Crippen LogP contribution >= 0.6 is 0 Å². The van der Waals surface area contributed by atoms with Crippen LogP contribution in [0.3, 0.4) is 0 Å². The first-order valence-electron chi connectivity index (χ1n) is 5.04. The molecule has 0 rings (SSSR count). The molecule has 1 N–H and O–H groups in total. The van der Waals surface area contributed by atoms with Crippen molar-refractivity contribution in [1.82, 2.24) is 5.32 Å². The smallest absolute Gasteiger partial charge is 0.307 e. The highest BCUT2D eigenvalue weighted by Crippen LogP contribution is 1.98. The number of amides is 1. The Morgan fingerprint density at radius 1 is 1.21 bits per heavy atom. The summed E-state index contributed by atoms with van der Waals surface area (Å²) in [7, 11) is 1.34. The van der Waals surface area contributed by atoms with Gasteiger partial charge < -0.3 is 10.1 Å². The summed E-state index contributed by atoms with van der Waals surface area (Å²) < 4.78 is 4.44. The van der Waals surface area contributed by atoms with Crippen molar-refractivity contribution in [3.63, 3.8) is 0 Å². The molecule has 0 atom stereocenters. The maximum Gasteiger partial charge on any atom is 0.307 e. The summed E-state index contributed by atoms with van der Waals surface area (Å²) in [5.41, 5.74) is 0. The summed E-state index contributed by atoms with van der Waals surface area (Å²) in [5, 5.41) is 2.67. The summed E-state index contributed by atoms with van der Waals surface area (Å²) in [6.07, 6.45) is 3.89. The number of rotatable bonds is 7. The molecular weight excluding hydrogens is 182 g/mol. The first-order valence-corrected chi connectivity index (χ1v) is 5.04. The third kappa shape index (κ3) is 7.58. The highest BCUT2D eigenvalue weighted by molar-refractivity contribution is 5.76. The van der Waals surface area contributed by atoms with E-state index in [0.717, 1.165) is 19.3 Å². The van der Waals surface area contributed by atoms with Gasteiger partial charge in [-0.2, -0.15) is 0 Å². The van der Waals surface area contributed by atoms with Crippen molar-refractivity contribution in [1.29, 1.82) is 0 Å². The Bertz CT molecular complexity index is 180. The fourth-order valence-electron chi connectivity index (χ4n) is 1.03. The molecular formula is C10H19NO3. The summed E-state index contributed by atoms with van der Waals surface area (Å²) in [4.78, 5) is 21.8. The number of carbonyl (C=O) groups is 2. The predicted molar refractivity (Wildman–Crippen MR) is 53.8 cm³/mol. The van der Waals surface area contributed by atoms with Gasteiger partial charge in [-0.1, -0.05) is 19.8 Å². The molecule has 0 aromatic carbocycles. The molecule has 0 saturated carbocycles. The Balaban J connectivity index is 3.31. The monoisotopic (exact) mass is 201 g/mol. The van der Waals surface area contributed by atoms with E-state index in [9.17, 15) is 9.59 Å². The van der Waals surface area contributed by atoms with Crippen molar-refractivity contribution in [2.24, 2.45) is 0 Å². The van der Waals surface area contributed by atoms with Crippen LogP contribution in [0.5, 0.6) is 0 Å². The molecule has 0 saturated heterocycles. The van der Waals surface area contributed by atoms with Gasteiger partial charge in [-0.15, -0.1) is 0 Å². The van der Waals surface area contributed by atoms with E-state index in [2.05, 4.69) is 17.0 Å². The average Bonchev–Trinajstić information content (AvgIpc) is 2.18. The molecule has 0 fully saturated rings. The zero-order chi connectivity index (χ0) is 10.8. The molecule has 0 aliphatic heterocycles. The second-order valence-corrected chi connectivity index (χ2v) is 3.13. The van der Waals surface area contributed by atoms with Gasteiger partial charge in [-0.05, 0) is 6.42 Å². The molecule has 14 heavy (non-hydrogen) atoms. The van der Waals surface area contributed by atoms with Gasteiger partial charge in [0.2, 0.25) is 5.91 Å². The molecule has 0 radical (unpaired) electrons. The molecule has 82 valence electrons. The van der Waals surface area contributed by atoms with Gasteiger partial charge in [-0.3, -0.25) is 9.59 Å². The van der Waals surface area contributed by atoms with E-state index in [0.29, 0.717) is 13.0 Å². The summed E-state index contributed by atoms with van der Waals surface area (Å²) in [6.45, 7) is 2.47. The lowest BCUT2D eigenvalue weighted by Gasteiger charge is -2.03. The van der Waals surface area contributed by atoms with E-state index in [1.807, 2.05) is 0 Å². The lowest BCUT2D eigenvalue weighted by molar-refractivity contribution is -0.140. The standard InChI is InChI=1S/C10H19NO3/c1-3-4-5-6-9(12)11-8-7-10(13)14-2/h3-8H2,1-2H3,(H,11,12). The third-order valence-electron chi connectivity index (χ3n) is 1.89. The zero-order valence-corrected chi connectivity index (χ0v) is 8.97.